The maximum absolute atomic E-state index is 13.0. The van der Waals surface area contributed by atoms with Gasteiger partial charge in [-0.2, -0.15) is 5.10 Å². The molecule has 1 atom stereocenters. The van der Waals surface area contributed by atoms with Gasteiger partial charge in [0.05, 0.1) is 12.2 Å². The molecule has 1 aliphatic carbocycles. The zero-order chi connectivity index (χ0) is 22.8. The topological polar surface area (TPSA) is 74.0 Å². The zero-order valence-electron chi connectivity index (χ0n) is 18.9. The molecule has 5 rings (SSSR count). The predicted molar refractivity (Wildman–Crippen MR) is 126 cm³/mol. The van der Waals surface area contributed by atoms with Gasteiger partial charge in [-0.15, -0.1) is 0 Å². The molecule has 2 aromatic carbocycles. The van der Waals surface area contributed by atoms with Crippen molar-refractivity contribution in [1.29, 1.82) is 0 Å². The second kappa shape index (κ2) is 8.94. The van der Waals surface area contributed by atoms with Crippen LogP contribution in [0.15, 0.2) is 67.1 Å². The Balaban J connectivity index is 1.31. The van der Waals surface area contributed by atoms with Crippen molar-refractivity contribution in [2.75, 3.05) is 5.32 Å². The van der Waals surface area contributed by atoms with Crippen LogP contribution in [0.2, 0.25) is 0 Å². The summed E-state index contributed by atoms with van der Waals surface area (Å²) in [6.07, 6.45) is 8.64. The highest BCUT2D eigenvalue weighted by Gasteiger charge is 2.25. The number of nitrogens with zero attached hydrogens (tertiary/aromatic N) is 4. The highest BCUT2D eigenvalue weighted by molar-refractivity contribution is 6.04. The SMILES string of the molecule is Cc1cnn(C2CCCc3ccccc32)c1NC(=O)c1ccc(OCc2nccn2C)cc1. The summed E-state index contributed by atoms with van der Waals surface area (Å²) in [5.41, 5.74) is 4.16. The third-order valence-electron chi connectivity index (χ3n) is 6.25. The van der Waals surface area contributed by atoms with E-state index in [4.69, 9.17) is 4.74 Å². The fourth-order valence-corrected chi connectivity index (χ4v) is 4.39. The molecule has 0 bridgehead atoms. The van der Waals surface area contributed by atoms with Crippen LogP contribution in [0.5, 0.6) is 5.75 Å². The van der Waals surface area contributed by atoms with Crippen LogP contribution in [-0.2, 0) is 20.1 Å². The van der Waals surface area contributed by atoms with E-state index in [9.17, 15) is 4.79 Å². The zero-order valence-corrected chi connectivity index (χ0v) is 18.9. The molecule has 1 amide bonds. The number of rotatable bonds is 6. The molecule has 1 unspecified atom stereocenters. The summed E-state index contributed by atoms with van der Waals surface area (Å²) in [4.78, 5) is 17.3. The van der Waals surface area contributed by atoms with Gasteiger partial charge in [0.1, 0.15) is 24.0 Å². The summed E-state index contributed by atoms with van der Waals surface area (Å²) in [6.45, 7) is 2.35. The Hall–Kier alpha value is -3.87. The summed E-state index contributed by atoms with van der Waals surface area (Å²) in [5, 5.41) is 7.72. The third kappa shape index (κ3) is 4.26. The first-order chi connectivity index (χ1) is 16.1. The van der Waals surface area contributed by atoms with Gasteiger partial charge in [-0.3, -0.25) is 4.79 Å². The Labute approximate surface area is 193 Å². The first kappa shape index (κ1) is 21.0. The summed E-state index contributed by atoms with van der Waals surface area (Å²) < 4.78 is 9.68. The molecule has 2 aromatic heterocycles. The average Bonchev–Trinajstić information content (AvgIpc) is 3.42. The lowest BCUT2D eigenvalue weighted by Crippen LogP contribution is -2.22. The summed E-state index contributed by atoms with van der Waals surface area (Å²) in [7, 11) is 1.93. The Morgan fingerprint density at radius 2 is 2.00 bits per heavy atom. The second-order valence-electron chi connectivity index (χ2n) is 8.45. The van der Waals surface area contributed by atoms with E-state index in [1.165, 1.54) is 11.1 Å². The van der Waals surface area contributed by atoms with E-state index >= 15 is 0 Å². The Morgan fingerprint density at radius 1 is 1.18 bits per heavy atom. The minimum atomic E-state index is -0.167. The first-order valence-corrected chi connectivity index (χ1v) is 11.2. The molecule has 168 valence electrons. The smallest absolute Gasteiger partial charge is 0.256 e. The molecular formula is C26H27N5O2. The van der Waals surface area contributed by atoms with Gasteiger partial charge in [0.15, 0.2) is 0 Å². The fraction of sp³-hybridized carbons (Fsp3) is 0.269. The van der Waals surface area contributed by atoms with Crippen molar-refractivity contribution in [3.63, 3.8) is 0 Å². The predicted octanol–water partition coefficient (Wildman–Crippen LogP) is 4.68. The highest BCUT2D eigenvalue weighted by atomic mass is 16.5. The number of fused-ring (bicyclic) bond motifs is 1. The Kier molecular flexibility index (Phi) is 5.69. The monoisotopic (exact) mass is 441 g/mol. The standard InChI is InChI=1S/C26H27N5O2/c1-18-16-28-31(23-9-5-7-19-6-3-4-8-22(19)23)25(18)29-26(32)20-10-12-21(13-11-20)33-17-24-27-14-15-30(24)2/h3-4,6,8,10-16,23H,5,7,9,17H2,1-2H3,(H,29,32). The van der Waals surface area contributed by atoms with Crippen molar-refractivity contribution in [2.45, 2.75) is 38.8 Å². The van der Waals surface area contributed by atoms with Gasteiger partial charge in [0.2, 0.25) is 0 Å². The van der Waals surface area contributed by atoms with Crippen LogP contribution in [0.1, 0.15) is 51.8 Å². The summed E-state index contributed by atoms with van der Waals surface area (Å²) in [5.74, 6) is 2.11. The number of aryl methyl sites for hydroxylation is 3. The third-order valence-corrected chi connectivity index (χ3v) is 6.25. The average molecular weight is 442 g/mol. The molecule has 1 N–H and O–H groups in total. The Morgan fingerprint density at radius 3 is 2.79 bits per heavy atom. The summed E-state index contributed by atoms with van der Waals surface area (Å²) in [6, 6.07) is 15.8. The number of carbonyl (C=O) groups is 1. The molecule has 0 aliphatic heterocycles. The van der Waals surface area contributed by atoms with E-state index in [2.05, 4.69) is 39.7 Å². The van der Waals surface area contributed by atoms with Gasteiger partial charge in [0, 0.05) is 30.6 Å². The van der Waals surface area contributed by atoms with Gasteiger partial charge in [0.25, 0.3) is 5.91 Å². The lowest BCUT2D eigenvalue weighted by Gasteiger charge is -2.27. The summed E-state index contributed by atoms with van der Waals surface area (Å²) >= 11 is 0. The lowest BCUT2D eigenvalue weighted by atomic mass is 9.88. The van der Waals surface area contributed by atoms with Crippen molar-refractivity contribution in [3.05, 3.63) is 95.2 Å². The second-order valence-corrected chi connectivity index (χ2v) is 8.45. The fourth-order valence-electron chi connectivity index (χ4n) is 4.39. The van der Waals surface area contributed by atoms with Crippen LogP contribution in [0.4, 0.5) is 5.82 Å². The number of anilines is 1. The van der Waals surface area contributed by atoms with Crippen LogP contribution in [0.25, 0.3) is 0 Å². The highest BCUT2D eigenvalue weighted by Crippen LogP contribution is 2.35. The number of imidazole rings is 1. The number of aromatic nitrogens is 4. The van der Waals surface area contributed by atoms with Crippen molar-refractivity contribution in [3.8, 4) is 5.75 Å². The minimum absolute atomic E-state index is 0.126. The maximum Gasteiger partial charge on any atom is 0.256 e. The molecule has 7 heteroatoms. The number of hydrogen-bond acceptors (Lipinski definition) is 4. The number of nitrogens with one attached hydrogen (secondary N) is 1. The Bertz CT molecular complexity index is 1270. The first-order valence-electron chi connectivity index (χ1n) is 11.2. The number of carbonyl (C=O) groups excluding carboxylic acids is 1. The lowest BCUT2D eigenvalue weighted by molar-refractivity contribution is 0.102. The van der Waals surface area contributed by atoms with E-state index in [1.54, 1.807) is 30.5 Å². The van der Waals surface area contributed by atoms with Crippen LogP contribution in [0.3, 0.4) is 0 Å². The van der Waals surface area contributed by atoms with Crippen LogP contribution in [-0.4, -0.2) is 25.2 Å². The van der Waals surface area contributed by atoms with Crippen LogP contribution in [0, 0.1) is 6.92 Å². The molecule has 0 saturated carbocycles. The van der Waals surface area contributed by atoms with E-state index in [0.717, 1.165) is 36.5 Å². The maximum atomic E-state index is 13.0. The van der Waals surface area contributed by atoms with Crippen molar-refractivity contribution in [2.24, 2.45) is 7.05 Å². The molecule has 0 spiro atoms. The van der Waals surface area contributed by atoms with Gasteiger partial charge in [-0.05, 0) is 61.6 Å². The van der Waals surface area contributed by atoms with Crippen molar-refractivity contribution in [1.82, 2.24) is 19.3 Å². The van der Waals surface area contributed by atoms with Crippen molar-refractivity contribution >= 4 is 11.7 Å². The number of amides is 1. The quantitative estimate of drug-likeness (QED) is 0.471. The number of ether oxygens (including phenoxy) is 1. The molecular weight excluding hydrogens is 414 g/mol. The molecule has 0 saturated heterocycles. The van der Waals surface area contributed by atoms with E-state index in [1.807, 2.05) is 35.6 Å². The van der Waals surface area contributed by atoms with Crippen LogP contribution >= 0.6 is 0 Å². The molecule has 33 heavy (non-hydrogen) atoms. The normalized spacial score (nSPS) is 15.2. The number of hydrogen-bond donors (Lipinski definition) is 1. The molecule has 0 radical (unpaired) electrons. The molecule has 7 nitrogen and oxygen atoms in total. The van der Waals surface area contributed by atoms with Gasteiger partial charge < -0.3 is 14.6 Å². The molecule has 2 heterocycles. The van der Waals surface area contributed by atoms with E-state index in [0.29, 0.717) is 17.9 Å². The molecule has 1 aliphatic rings. The van der Waals surface area contributed by atoms with E-state index in [-0.39, 0.29) is 11.9 Å². The molecule has 0 fully saturated rings. The van der Waals surface area contributed by atoms with Gasteiger partial charge >= 0.3 is 0 Å². The van der Waals surface area contributed by atoms with Gasteiger partial charge in [-0.25, -0.2) is 9.67 Å². The van der Waals surface area contributed by atoms with Crippen LogP contribution < -0.4 is 10.1 Å². The largest absolute Gasteiger partial charge is 0.486 e. The van der Waals surface area contributed by atoms with Crippen molar-refractivity contribution < 1.29 is 9.53 Å². The number of benzene rings is 2. The molecule has 4 aromatic rings. The van der Waals surface area contributed by atoms with E-state index < -0.39 is 0 Å². The van der Waals surface area contributed by atoms with Gasteiger partial charge in [-0.1, -0.05) is 24.3 Å². The minimum Gasteiger partial charge on any atom is -0.486 e.